The van der Waals surface area contributed by atoms with Gasteiger partial charge in [0, 0.05) is 18.2 Å². The van der Waals surface area contributed by atoms with Gasteiger partial charge in [-0.2, -0.15) is 0 Å². The molecule has 0 saturated carbocycles. The molecule has 1 heterocycles. The van der Waals surface area contributed by atoms with Gasteiger partial charge in [-0.3, -0.25) is 0 Å². The van der Waals surface area contributed by atoms with Crippen molar-refractivity contribution in [2.24, 2.45) is 0 Å². The van der Waals surface area contributed by atoms with Gasteiger partial charge in [0.1, 0.15) is 0 Å². The third-order valence-electron chi connectivity index (χ3n) is 1.64. The number of rotatable bonds is 2. The summed E-state index contributed by atoms with van der Waals surface area (Å²) in [5.74, 6) is 0. The van der Waals surface area contributed by atoms with Gasteiger partial charge in [0.25, 0.3) is 0 Å². The van der Waals surface area contributed by atoms with Crippen LogP contribution in [0.5, 0.6) is 0 Å². The summed E-state index contributed by atoms with van der Waals surface area (Å²) < 4.78 is 2.58. The minimum Gasteiger partial charge on any atom is -0.0963 e. The van der Waals surface area contributed by atoms with E-state index in [9.17, 15) is 0 Å². The molecule has 0 fully saturated rings. The fourth-order valence-electron chi connectivity index (χ4n) is 0.999. The molecule has 1 aromatic heterocycles. The first kappa shape index (κ1) is 12.0. The van der Waals surface area contributed by atoms with Crippen LogP contribution in [0.3, 0.4) is 0 Å². The van der Waals surface area contributed by atoms with E-state index in [-0.39, 0.29) is 21.2 Å². The molecule has 0 spiro atoms. The number of hydrogen-bond donors (Lipinski definition) is 0. The normalized spacial score (nSPS) is 10.6. The average molecular weight is 390 g/mol. The number of hydrogen-bond acceptors (Lipinski definition) is 1. The minimum absolute atomic E-state index is 0.189. The topological polar surface area (TPSA) is 0 Å². The maximum atomic E-state index is 5.96. The van der Waals surface area contributed by atoms with Gasteiger partial charge >= 0.3 is 21.2 Å². The van der Waals surface area contributed by atoms with Crippen LogP contribution in [0.4, 0.5) is 0 Å². The standard InChI is InChI=1S/C10H5Cl3IS/c11-7-4-6(5-8(12)10(7)13)14-9-2-1-3-15-9/h1-5H/q+1. The minimum atomic E-state index is -0.189. The summed E-state index contributed by atoms with van der Waals surface area (Å²) in [6.45, 7) is 0. The number of halogens is 4. The summed E-state index contributed by atoms with van der Waals surface area (Å²) in [4.78, 5) is 0. The van der Waals surface area contributed by atoms with Crippen molar-refractivity contribution in [3.63, 3.8) is 0 Å². The number of benzene rings is 1. The van der Waals surface area contributed by atoms with Crippen molar-refractivity contribution < 1.29 is 21.2 Å². The Kier molecular flexibility index (Phi) is 4.18. The molecule has 0 aliphatic rings. The largest absolute Gasteiger partial charge is 0.369 e. The van der Waals surface area contributed by atoms with Crippen molar-refractivity contribution in [3.05, 3.63) is 51.2 Å². The molecular weight excluding hydrogens is 385 g/mol. The fraction of sp³-hybridized carbons (Fsp3) is 0. The lowest BCUT2D eigenvalue weighted by atomic mass is 10.4. The second-order valence-electron chi connectivity index (χ2n) is 2.70. The first-order valence-corrected chi connectivity index (χ1v) is 8.17. The van der Waals surface area contributed by atoms with Gasteiger partial charge in [-0.25, -0.2) is 0 Å². The van der Waals surface area contributed by atoms with Crippen molar-refractivity contribution in [1.29, 1.82) is 0 Å². The number of thiophene rings is 1. The molecule has 2 rings (SSSR count). The smallest absolute Gasteiger partial charge is 0.0963 e. The SMILES string of the molecule is Clc1cc([I+]c2cccs2)cc(Cl)c1Cl. The van der Waals surface area contributed by atoms with Crippen LogP contribution in [-0.4, -0.2) is 0 Å². The maximum absolute atomic E-state index is 5.96. The summed E-state index contributed by atoms with van der Waals surface area (Å²) in [5, 5.41) is 3.59. The molecule has 1 aromatic carbocycles. The second-order valence-corrected chi connectivity index (χ2v) is 8.51. The lowest BCUT2D eigenvalue weighted by Crippen LogP contribution is -3.61. The van der Waals surface area contributed by atoms with Crippen LogP contribution < -0.4 is 21.2 Å². The Morgan fingerprint density at radius 3 is 2.27 bits per heavy atom. The summed E-state index contributed by atoms with van der Waals surface area (Å²) in [6, 6.07) is 8.00. The molecule has 78 valence electrons. The van der Waals surface area contributed by atoms with Crippen molar-refractivity contribution >= 4 is 46.1 Å². The van der Waals surface area contributed by atoms with Crippen LogP contribution in [0, 0.1) is 6.45 Å². The van der Waals surface area contributed by atoms with Crippen LogP contribution in [0.25, 0.3) is 0 Å². The van der Waals surface area contributed by atoms with E-state index in [1.807, 2.05) is 12.1 Å². The van der Waals surface area contributed by atoms with Crippen molar-refractivity contribution in [2.45, 2.75) is 0 Å². The maximum Gasteiger partial charge on any atom is 0.369 e. The lowest BCUT2D eigenvalue weighted by molar-refractivity contribution is -0.591. The molecule has 0 atom stereocenters. The first-order chi connectivity index (χ1) is 7.16. The van der Waals surface area contributed by atoms with E-state index in [2.05, 4.69) is 17.5 Å². The fourth-order valence-corrected chi connectivity index (χ4v) is 5.81. The van der Waals surface area contributed by atoms with E-state index in [0.717, 1.165) is 0 Å². The molecule has 0 N–H and O–H groups in total. The van der Waals surface area contributed by atoms with Crippen molar-refractivity contribution in [3.8, 4) is 0 Å². The van der Waals surface area contributed by atoms with E-state index >= 15 is 0 Å². The Bertz CT molecular complexity index is 445. The Labute approximate surface area is 117 Å². The Morgan fingerprint density at radius 2 is 1.73 bits per heavy atom. The zero-order valence-corrected chi connectivity index (χ0v) is 12.5. The van der Waals surface area contributed by atoms with Gasteiger partial charge < -0.3 is 0 Å². The molecule has 0 nitrogen and oxygen atoms in total. The predicted octanol–water partition coefficient (Wildman–Crippen LogP) is 1.84. The molecule has 2 aromatic rings. The second kappa shape index (κ2) is 5.23. The average Bonchev–Trinajstić information content (AvgIpc) is 2.66. The van der Waals surface area contributed by atoms with E-state index in [4.69, 9.17) is 34.8 Å². The molecule has 0 aliphatic heterocycles. The third kappa shape index (κ3) is 3.01. The van der Waals surface area contributed by atoms with E-state index in [1.165, 1.54) is 6.45 Å². The Hall–Kier alpha value is 0.520. The Balaban J connectivity index is 2.30. The summed E-state index contributed by atoms with van der Waals surface area (Å²) in [5.41, 5.74) is 0. The van der Waals surface area contributed by atoms with Crippen LogP contribution in [0.15, 0.2) is 29.6 Å². The molecule has 0 bridgehead atoms. The summed E-state index contributed by atoms with van der Waals surface area (Å²) in [6.07, 6.45) is 0. The van der Waals surface area contributed by atoms with Crippen molar-refractivity contribution in [1.82, 2.24) is 0 Å². The molecule has 5 heteroatoms. The van der Waals surface area contributed by atoms with Gasteiger partial charge in [0.05, 0.1) is 15.1 Å². The highest BCUT2D eigenvalue weighted by atomic mass is 127. The first-order valence-electron chi connectivity index (χ1n) is 3.99. The molecule has 0 saturated heterocycles. The van der Waals surface area contributed by atoms with Crippen LogP contribution in [0.1, 0.15) is 0 Å². The molecule has 0 amide bonds. The van der Waals surface area contributed by atoms with Gasteiger partial charge in [-0.05, 0) is 11.4 Å². The third-order valence-corrected chi connectivity index (χ3v) is 6.91. The van der Waals surface area contributed by atoms with Crippen molar-refractivity contribution in [2.75, 3.05) is 0 Å². The molecular formula is C10H5Cl3IS+. The zero-order valence-electron chi connectivity index (χ0n) is 7.31. The highest BCUT2D eigenvalue weighted by molar-refractivity contribution is 7.07. The van der Waals surface area contributed by atoms with E-state index in [1.54, 1.807) is 11.3 Å². The van der Waals surface area contributed by atoms with Crippen LogP contribution in [-0.2, 0) is 0 Å². The highest BCUT2D eigenvalue weighted by Gasteiger charge is 2.19. The zero-order chi connectivity index (χ0) is 10.8. The summed E-state index contributed by atoms with van der Waals surface area (Å²) in [7, 11) is 0. The molecule has 15 heavy (non-hydrogen) atoms. The summed E-state index contributed by atoms with van der Waals surface area (Å²) >= 11 is 19.4. The molecule has 0 unspecified atom stereocenters. The van der Waals surface area contributed by atoms with Gasteiger partial charge in [-0.15, -0.1) is 0 Å². The van der Waals surface area contributed by atoms with Crippen LogP contribution in [0.2, 0.25) is 15.1 Å². The lowest BCUT2D eigenvalue weighted by Gasteiger charge is -1.96. The van der Waals surface area contributed by atoms with Gasteiger partial charge in [0.2, 0.25) is 2.88 Å². The van der Waals surface area contributed by atoms with Gasteiger partial charge in [-0.1, -0.05) is 46.1 Å². The van der Waals surface area contributed by atoms with E-state index in [0.29, 0.717) is 15.1 Å². The van der Waals surface area contributed by atoms with E-state index < -0.39 is 0 Å². The molecule has 0 aliphatic carbocycles. The monoisotopic (exact) mass is 389 g/mol. The van der Waals surface area contributed by atoms with Crippen LogP contribution >= 0.6 is 46.1 Å². The predicted molar refractivity (Wildman–Crippen MR) is 63.2 cm³/mol. The Morgan fingerprint density at radius 1 is 1.07 bits per heavy atom. The molecule has 0 radical (unpaired) electrons. The van der Waals surface area contributed by atoms with Gasteiger partial charge in [0.15, 0.2) is 3.57 Å². The highest BCUT2D eigenvalue weighted by Crippen LogP contribution is 2.28. The quantitative estimate of drug-likeness (QED) is 0.417.